The molecule has 2 rings (SSSR count). The highest BCUT2D eigenvalue weighted by Crippen LogP contribution is 2.33. The van der Waals surface area contributed by atoms with E-state index >= 15 is 0 Å². The van der Waals surface area contributed by atoms with Crippen LogP contribution in [-0.4, -0.2) is 26.4 Å². The molecule has 1 unspecified atom stereocenters. The third kappa shape index (κ3) is 4.80. The molecule has 1 aromatic carbocycles. The summed E-state index contributed by atoms with van der Waals surface area (Å²) < 4.78 is 77.2. The monoisotopic (exact) mass is 406 g/mol. The fraction of sp³-hybridized carbons (Fsp3) is 0.312. The molecule has 0 aliphatic rings. The summed E-state index contributed by atoms with van der Waals surface area (Å²) in [6.45, 7) is 0.281. The Hall–Kier alpha value is -3.07. The summed E-state index contributed by atoms with van der Waals surface area (Å²) in [7, 11) is 0. The molecule has 28 heavy (non-hydrogen) atoms. The summed E-state index contributed by atoms with van der Waals surface area (Å²) in [6, 6.07) is 4.40. The predicted molar refractivity (Wildman–Crippen MR) is 82.6 cm³/mol. The van der Waals surface area contributed by atoms with E-state index in [0.717, 1.165) is 25.3 Å². The van der Waals surface area contributed by atoms with Crippen LogP contribution in [0, 0.1) is 11.3 Å². The summed E-state index contributed by atoms with van der Waals surface area (Å²) >= 11 is 0. The fourth-order valence-corrected chi connectivity index (χ4v) is 2.21. The zero-order valence-electron chi connectivity index (χ0n) is 14.1. The first-order valence-corrected chi connectivity index (χ1v) is 7.50. The van der Waals surface area contributed by atoms with Crippen LogP contribution in [0.25, 0.3) is 0 Å². The maximum Gasteiger partial charge on any atom is 0.435 e. The molecule has 0 aliphatic heterocycles. The number of alkyl halides is 6. The van der Waals surface area contributed by atoms with Crippen LogP contribution in [0.3, 0.4) is 0 Å². The molecule has 1 amide bonds. The number of carbonyl (C=O) groups excluding carboxylic acids is 1. The van der Waals surface area contributed by atoms with E-state index in [9.17, 15) is 36.2 Å². The lowest BCUT2D eigenvalue weighted by molar-refractivity contribution is -0.142. The number of halogens is 6. The Morgan fingerprint density at radius 2 is 1.86 bits per heavy atom. The molecule has 0 radical (unpaired) electrons. The summed E-state index contributed by atoms with van der Waals surface area (Å²) in [4.78, 5) is 12.2. The summed E-state index contributed by atoms with van der Waals surface area (Å²) in [5.41, 5.74) is -5.82. The topological polar surface area (TPSA) is 90.9 Å². The summed E-state index contributed by atoms with van der Waals surface area (Å²) in [5, 5.41) is 24.2. The van der Waals surface area contributed by atoms with Gasteiger partial charge >= 0.3 is 12.4 Å². The van der Waals surface area contributed by atoms with Gasteiger partial charge in [0, 0.05) is 11.9 Å². The van der Waals surface area contributed by atoms with E-state index in [-0.39, 0.29) is 5.69 Å². The minimum Gasteiger partial charge on any atom is -0.378 e. The molecule has 12 heteroatoms. The van der Waals surface area contributed by atoms with E-state index in [1.54, 1.807) is 0 Å². The maximum atomic E-state index is 13.0. The Morgan fingerprint density at radius 1 is 1.21 bits per heavy atom. The van der Waals surface area contributed by atoms with Crippen molar-refractivity contribution in [1.29, 1.82) is 5.26 Å². The Balaban J connectivity index is 2.19. The van der Waals surface area contributed by atoms with Gasteiger partial charge in [0.25, 0.3) is 5.91 Å². The van der Waals surface area contributed by atoms with Gasteiger partial charge in [0.05, 0.1) is 23.7 Å². The van der Waals surface area contributed by atoms with Crippen molar-refractivity contribution in [3.63, 3.8) is 0 Å². The molecule has 0 saturated carbocycles. The van der Waals surface area contributed by atoms with Gasteiger partial charge in [-0.2, -0.15) is 36.7 Å². The Labute approximate surface area is 154 Å². The number of hydrogen-bond acceptors (Lipinski definition) is 4. The van der Waals surface area contributed by atoms with Crippen molar-refractivity contribution in [2.24, 2.45) is 0 Å². The first-order valence-electron chi connectivity index (χ1n) is 7.50. The second-order valence-electron chi connectivity index (χ2n) is 5.99. The molecule has 6 nitrogen and oxygen atoms in total. The molecule has 0 saturated heterocycles. The first kappa shape index (κ1) is 21.2. The Morgan fingerprint density at radius 3 is 2.36 bits per heavy atom. The Kier molecular flexibility index (Phi) is 5.43. The average Bonchev–Trinajstić information content (AvgIpc) is 3.02. The minimum atomic E-state index is -4.85. The van der Waals surface area contributed by atoms with E-state index < -0.39 is 47.2 Å². The van der Waals surface area contributed by atoms with E-state index in [2.05, 4.69) is 5.10 Å². The fourth-order valence-electron chi connectivity index (χ4n) is 2.21. The summed E-state index contributed by atoms with van der Waals surface area (Å²) in [6.07, 6.45) is -8.67. The second-order valence-corrected chi connectivity index (χ2v) is 5.99. The number of benzene rings is 1. The quantitative estimate of drug-likeness (QED) is 0.764. The van der Waals surface area contributed by atoms with Gasteiger partial charge in [0.2, 0.25) is 0 Å². The predicted octanol–water partition coefficient (Wildman–Crippen LogP) is 3.18. The van der Waals surface area contributed by atoms with Gasteiger partial charge in [0.1, 0.15) is 0 Å². The van der Waals surface area contributed by atoms with E-state index in [0.29, 0.717) is 16.8 Å². The highest BCUT2D eigenvalue weighted by atomic mass is 19.4. The zero-order valence-corrected chi connectivity index (χ0v) is 14.1. The molecular formula is C16H12F6N4O2. The number of nitrogens with zero attached hydrogens (tertiary/aromatic N) is 3. The number of amides is 1. The van der Waals surface area contributed by atoms with Crippen LogP contribution >= 0.6 is 0 Å². The van der Waals surface area contributed by atoms with Crippen molar-refractivity contribution >= 4 is 11.6 Å². The number of nitrogens with one attached hydrogen (secondary N) is 1. The average molecular weight is 406 g/mol. The first-order chi connectivity index (χ1) is 12.7. The van der Waals surface area contributed by atoms with Crippen LogP contribution < -0.4 is 5.32 Å². The van der Waals surface area contributed by atoms with E-state index in [1.807, 2.05) is 5.32 Å². The van der Waals surface area contributed by atoms with Gasteiger partial charge in [0.15, 0.2) is 11.3 Å². The van der Waals surface area contributed by atoms with Crippen molar-refractivity contribution in [2.75, 3.05) is 5.32 Å². The van der Waals surface area contributed by atoms with Crippen molar-refractivity contribution in [1.82, 2.24) is 9.78 Å². The van der Waals surface area contributed by atoms with Crippen LogP contribution in [0.1, 0.15) is 23.7 Å². The van der Waals surface area contributed by atoms with Crippen LogP contribution in [-0.2, 0) is 23.7 Å². The largest absolute Gasteiger partial charge is 0.435 e. The van der Waals surface area contributed by atoms with Crippen molar-refractivity contribution in [3.05, 3.63) is 47.3 Å². The van der Waals surface area contributed by atoms with Crippen molar-refractivity contribution in [3.8, 4) is 6.07 Å². The smallest absolute Gasteiger partial charge is 0.378 e. The SMILES string of the molecule is CC(O)(Cn1ccc(C(F)(F)F)n1)C(=O)Nc1ccc(C#N)c(C(F)(F)F)c1. The number of nitriles is 1. The van der Waals surface area contributed by atoms with Crippen LogP contribution in [0.4, 0.5) is 32.0 Å². The molecule has 1 aromatic heterocycles. The molecule has 2 aromatic rings. The molecule has 1 heterocycles. The lowest BCUT2D eigenvalue weighted by atomic mass is 10.0. The van der Waals surface area contributed by atoms with Gasteiger partial charge in [-0.25, -0.2) is 0 Å². The van der Waals surface area contributed by atoms with Crippen molar-refractivity contribution in [2.45, 2.75) is 31.4 Å². The molecule has 0 fully saturated rings. The number of hydrogen-bond donors (Lipinski definition) is 2. The lowest BCUT2D eigenvalue weighted by Gasteiger charge is -2.22. The number of anilines is 1. The van der Waals surface area contributed by atoms with Gasteiger partial charge in [-0.05, 0) is 31.2 Å². The third-order valence-corrected chi connectivity index (χ3v) is 3.59. The molecule has 0 spiro atoms. The van der Waals surface area contributed by atoms with Crippen LogP contribution in [0.15, 0.2) is 30.5 Å². The normalized spacial score (nSPS) is 14.2. The molecular weight excluding hydrogens is 394 g/mol. The highest BCUT2D eigenvalue weighted by molar-refractivity contribution is 5.96. The molecule has 1 atom stereocenters. The van der Waals surface area contributed by atoms with Gasteiger partial charge < -0.3 is 10.4 Å². The molecule has 0 bridgehead atoms. The van der Waals surface area contributed by atoms with E-state index in [4.69, 9.17) is 5.26 Å². The number of aliphatic hydroxyl groups is 1. The maximum absolute atomic E-state index is 13.0. The van der Waals surface area contributed by atoms with Gasteiger partial charge in [-0.1, -0.05) is 0 Å². The highest BCUT2D eigenvalue weighted by Gasteiger charge is 2.37. The van der Waals surface area contributed by atoms with E-state index in [1.165, 1.54) is 6.07 Å². The standard InChI is InChI=1S/C16H12F6N4O2/c1-14(28,8-26-5-4-12(25-26)16(20,21)22)13(27)24-10-3-2-9(7-23)11(6-10)15(17,18)19/h2-6,28H,8H2,1H3,(H,24,27). The second kappa shape index (κ2) is 7.16. The zero-order chi connectivity index (χ0) is 21.3. The molecule has 0 aliphatic carbocycles. The lowest BCUT2D eigenvalue weighted by Crippen LogP contribution is -2.44. The van der Waals surface area contributed by atoms with Gasteiger partial charge in [-0.3, -0.25) is 9.48 Å². The number of carbonyl (C=O) groups is 1. The van der Waals surface area contributed by atoms with Gasteiger partial charge in [-0.15, -0.1) is 0 Å². The molecule has 150 valence electrons. The molecule has 2 N–H and O–H groups in total. The minimum absolute atomic E-state index is 0.354. The van der Waals surface area contributed by atoms with Crippen molar-refractivity contribution < 1.29 is 36.2 Å². The summed E-state index contributed by atoms with van der Waals surface area (Å²) in [5.74, 6) is -1.17. The Bertz CT molecular complexity index is 924. The van der Waals surface area contributed by atoms with Crippen LogP contribution in [0.2, 0.25) is 0 Å². The number of rotatable bonds is 4. The number of aromatic nitrogens is 2. The third-order valence-electron chi connectivity index (χ3n) is 3.59. The van der Waals surface area contributed by atoms with Crippen LogP contribution in [0.5, 0.6) is 0 Å².